The van der Waals surface area contributed by atoms with E-state index in [-0.39, 0.29) is 17.8 Å². The van der Waals surface area contributed by atoms with Gasteiger partial charge in [0.05, 0.1) is 25.5 Å². The van der Waals surface area contributed by atoms with Crippen molar-refractivity contribution in [3.63, 3.8) is 0 Å². The highest BCUT2D eigenvalue weighted by Crippen LogP contribution is 2.30. The van der Waals surface area contributed by atoms with Gasteiger partial charge in [0.2, 0.25) is 5.91 Å². The second-order valence-corrected chi connectivity index (χ2v) is 9.39. The third kappa shape index (κ3) is 6.64. The van der Waals surface area contributed by atoms with Crippen LogP contribution in [0.2, 0.25) is 0 Å². The van der Waals surface area contributed by atoms with Gasteiger partial charge in [-0.05, 0) is 43.7 Å². The molecule has 2 heterocycles. The molecule has 11 heteroatoms. The Morgan fingerprint density at radius 1 is 1.23 bits per heavy atom. The number of anilines is 1. The number of thiophene rings is 1. The van der Waals surface area contributed by atoms with Crippen molar-refractivity contribution in [2.75, 3.05) is 25.3 Å². The molecular formula is C24H28N4O5S2. The fourth-order valence-electron chi connectivity index (χ4n) is 3.18. The van der Waals surface area contributed by atoms with Crippen LogP contribution in [0, 0.1) is 0 Å². The molecule has 2 aromatic heterocycles. The van der Waals surface area contributed by atoms with Crippen LogP contribution in [0.4, 0.5) is 5.00 Å². The van der Waals surface area contributed by atoms with E-state index in [1.165, 1.54) is 30.2 Å². The molecule has 0 spiro atoms. The predicted octanol–water partition coefficient (Wildman–Crippen LogP) is 4.75. The van der Waals surface area contributed by atoms with Crippen LogP contribution in [0.15, 0.2) is 48.1 Å². The van der Waals surface area contributed by atoms with Gasteiger partial charge in [-0.3, -0.25) is 9.36 Å². The number of aromatic nitrogens is 3. The van der Waals surface area contributed by atoms with Crippen LogP contribution in [0.5, 0.6) is 11.5 Å². The number of nitrogens with zero attached hydrogens (tertiary/aromatic N) is 3. The van der Waals surface area contributed by atoms with Gasteiger partial charge in [-0.1, -0.05) is 24.8 Å². The first kappa shape index (κ1) is 26.3. The number of carbonyl (C=O) groups excluding carboxylic acids is 2. The van der Waals surface area contributed by atoms with E-state index in [2.05, 4.69) is 22.1 Å². The lowest BCUT2D eigenvalue weighted by atomic mass is 10.2. The second-order valence-electron chi connectivity index (χ2n) is 7.31. The number of carbonyl (C=O) groups is 2. The molecular weight excluding hydrogens is 488 g/mol. The van der Waals surface area contributed by atoms with Crippen LogP contribution < -0.4 is 14.8 Å². The van der Waals surface area contributed by atoms with Crippen molar-refractivity contribution < 1.29 is 23.8 Å². The van der Waals surface area contributed by atoms with Crippen LogP contribution >= 0.6 is 23.1 Å². The highest BCUT2D eigenvalue weighted by Gasteiger charge is 2.21. The number of allylic oxidation sites excluding steroid dienone is 1. The van der Waals surface area contributed by atoms with Gasteiger partial charge in [0, 0.05) is 11.4 Å². The Hall–Kier alpha value is -3.31. The first-order valence-electron chi connectivity index (χ1n) is 10.9. The third-order valence-electron chi connectivity index (χ3n) is 4.92. The first-order chi connectivity index (χ1) is 16.9. The Morgan fingerprint density at radius 3 is 2.57 bits per heavy atom. The molecule has 0 saturated heterocycles. The topological polar surface area (TPSA) is 105 Å². The summed E-state index contributed by atoms with van der Waals surface area (Å²) in [6.07, 6.45) is 2.10. The molecule has 3 rings (SSSR count). The molecule has 0 radical (unpaired) electrons. The van der Waals surface area contributed by atoms with E-state index in [0.29, 0.717) is 33.8 Å². The zero-order valence-electron chi connectivity index (χ0n) is 20.1. The van der Waals surface area contributed by atoms with E-state index >= 15 is 0 Å². The van der Waals surface area contributed by atoms with Gasteiger partial charge in [-0.15, -0.1) is 28.1 Å². The van der Waals surface area contributed by atoms with Crippen molar-refractivity contribution in [3.8, 4) is 11.5 Å². The lowest BCUT2D eigenvalue weighted by Crippen LogP contribution is -2.16. The number of rotatable bonds is 12. The van der Waals surface area contributed by atoms with Gasteiger partial charge in [0.25, 0.3) is 0 Å². The van der Waals surface area contributed by atoms with Gasteiger partial charge in [-0.2, -0.15) is 0 Å². The number of benzene rings is 1. The lowest BCUT2D eigenvalue weighted by molar-refractivity contribution is -0.113. The molecule has 0 aliphatic rings. The van der Waals surface area contributed by atoms with Gasteiger partial charge in [-0.25, -0.2) is 4.79 Å². The standard InChI is InChI=1S/C24H28N4O5S2/c1-6-12-28-21(15(3)33-17-10-8-16(31-4)9-11-17)26-27-24(28)34-14-20(29)25-22-19(23(30)32-5)13-18(7-2)35-22/h6,8-11,13,15H,1,7,12,14H2,2-5H3,(H,25,29). The number of thioether (sulfide) groups is 1. The maximum absolute atomic E-state index is 12.7. The Kier molecular flexibility index (Phi) is 9.32. The molecule has 1 amide bonds. The maximum Gasteiger partial charge on any atom is 0.340 e. The minimum Gasteiger partial charge on any atom is -0.497 e. The van der Waals surface area contributed by atoms with E-state index in [1.807, 2.05) is 42.7 Å². The molecule has 0 fully saturated rings. The van der Waals surface area contributed by atoms with Crippen molar-refractivity contribution in [2.24, 2.45) is 0 Å². The zero-order chi connectivity index (χ0) is 25.4. The Balaban J connectivity index is 1.68. The van der Waals surface area contributed by atoms with Gasteiger partial charge in [0.15, 0.2) is 17.1 Å². The predicted molar refractivity (Wildman–Crippen MR) is 137 cm³/mol. The fourth-order valence-corrected chi connectivity index (χ4v) is 4.94. The molecule has 186 valence electrons. The Bertz CT molecular complexity index is 1170. The van der Waals surface area contributed by atoms with Crippen LogP contribution in [-0.2, 0) is 22.5 Å². The number of aryl methyl sites for hydroxylation is 1. The summed E-state index contributed by atoms with van der Waals surface area (Å²) < 4.78 is 17.9. The van der Waals surface area contributed by atoms with E-state index in [4.69, 9.17) is 14.2 Å². The van der Waals surface area contributed by atoms with Crippen molar-refractivity contribution >= 4 is 40.0 Å². The van der Waals surface area contributed by atoms with Gasteiger partial charge >= 0.3 is 5.97 Å². The van der Waals surface area contributed by atoms with Crippen LogP contribution in [0.3, 0.4) is 0 Å². The van der Waals surface area contributed by atoms with Crippen molar-refractivity contribution in [3.05, 3.63) is 59.3 Å². The summed E-state index contributed by atoms with van der Waals surface area (Å²) in [6, 6.07) is 9.02. The summed E-state index contributed by atoms with van der Waals surface area (Å²) in [4.78, 5) is 25.7. The molecule has 0 bridgehead atoms. The molecule has 3 aromatic rings. The molecule has 0 saturated carbocycles. The average molecular weight is 517 g/mol. The number of amides is 1. The van der Waals surface area contributed by atoms with Crippen LogP contribution in [-0.4, -0.2) is 46.6 Å². The summed E-state index contributed by atoms with van der Waals surface area (Å²) in [5.41, 5.74) is 0.356. The Labute approximate surface area is 212 Å². The summed E-state index contributed by atoms with van der Waals surface area (Å²) in [6.45, 7) is 8.14. The van der Waals surface area contributed by atoms with Gasteiger partial charge in [0.1, 0.15) is 16.5 Å². The minimum absolute atomic E-state index is 0.0863. The number of hydrogen-bond acceptors (Lipinski definition) is 9. The smallest absolute Gasteiger partial charge is 0.340 e. The molecule has 1 unspecified atom stereocenters. The summed E-state index contributed by atoms with van der Waals surface area (Å²) in [5, 5.41) is 12.4. The van der Waals surface area contributed by atoms with Crippen molar-refractivity contribution in [2.45, 2.75) is 38.1 Å². The van der Waals surface area contributed by atoms with Crippen LogP contribution in [0.25, 0.3) is 0 Å². The second kappa shape index (κ2) is 12.4. The quantitative estimate of drug-likeness (QED) is 0.209. The normalized spacial score (nSPS) is 11.5. The minimum atomic E-state index is -0.481. The van der Waals surface area contributed by atoms with E-state index in [9.17, 15) is 9.59 Å². The zero-order valence-corrected chi connectivity index (χ0v) is 21.7. The maximum atomic E-state index is 12.7. The number of esters is 1. The largest absolute Gasteiger partial charge is 0.497 e. The van der Waals surface area contributed by atoms with Crippen molar-refractivity contribution in [1.82, 2.24) is 14.8 Å². The number of nitrogens with one attached hydrogen (secondary N) is 1. The van der Waals surface area contributed by atoms with E-state index in [0.717, 1.165) is 17.0 Å². The SMILES string of the molecule is C=CCn1c(SCC(=O)Nc2sc(CC)cc2C(=O)OC)nnc1C(C)Oc1ccc(OC)cc1. The highest BCUT2D eigenvalue weighted by atomic mass is 32.2. The molecule has 1 N–H and O–H groups in total. The average Bonchev–Trinajstić information content (AvgIpc) is 3.46. The molecule has 35 heavy (non-hydrogen) atoms. The van der Waals surface area contributed by atoms with Crippen LogP contribution in [0.1, 0.15) is 41.0 Å². The molecule has 0 aliphatic carbocycles. The number of ether oxygens (including phenoxy) is 3. The summed E-state index contributed by atoms with van der Waals surface area (Å²) >= 11 is 2.61. The summed E-state index contributed by atoms with van der Waals surface area (Å²) in [5.74, 6) is 1.37. The fraction of sp³-hybridized carbons (Fsp3) is 0.333. The number of hydrogen-bond donors (Lipinski definition) is 1. The van der Waals surface area contributed by atoms with E-state index < -0.39 is 5.97 Å². The molecule has 1 atom stereocenters. The number of methoxy groups -OCH3 is 2. The lowest BCUT2D eigenvalue weighted by Gasteiger charge is -2.16. The molecule has 9 nitrogen and oxygen atoms in total. The molecule has 1 aromatic carbocycles. The highest BCUT2D eigenvalue weighted by molar-refractivity contribution is 7.99. The van der Waals surface area contributed by atoms with Crippen molar-refractivity contribution in [1.29, 1.82) is 0 Å². The summed E-state index contributed by atoms with van der Waals surface area (Å²) in [7, 11) is 2.92. The molecule has 0 aliphatic heterocycles. The third-order valence-corrected chi connectivity index (χ3v) is 7.08. The van der Waals surface area contributed by atoms with E-state index in [1.54, 1.807) is 19.3 Å². The van der Waals surface area contributed by atoms with Gasteiger partial charge < -0.3 is 19.5 Å². The Morgan fingerprint density at radius 2 is 1.94 bits per heavy atom. The first-order valence-corrected chi connectivity index (χ1v) is 12.7. The monoisotopic (exact) mass is 516 g/mol.